The third-order valence-electron chi connectivity index (χ3n) is 5.61. The first kappa shape index (κ1) is 18.9. The van der Waals surface area contributed by atoms with Gasteiger partial charge in [0.15, 0.2) is 0 Å². The Kier molecular flexibility index (Phi) is 5.88. The molecule has 5 nitrogen and oxygen atoms in total. The van der Waals surface area contributed by atoms with Gasteiger partial charge in [-0.15, -0.1) is 0 Å². The van der Waals surface area contributed by atoms with Crippen molar-refractivity contribution in [2.75, 3.05) is 57.4 Å². The van der Waals surface area contributed by atoms with E-state index in [0.717, 1.165) is 38.4 Å². The number of amides is 1. The van der Waals surface area contributed by atoms with E-state index in [2.05, 4.69) is 12.1 Å². The minimum atomic E-state index is -0.208. The Bertz CT molecular complexity index is 798. The van der Waals surface area contributed by atoms with Crippen LogP contribution in [-0.4, -0.2) is 63.3 Å². The fourth-order valence-electron chi connectivity index (χ4n) is 3.93. The van der Waals surface area contributed by atoms with Crippen molar-refractivity contribution in [1.29, 1.82) is 0 Å². The van der Waals surface area contributed by atoms with Gasteiger partial charge in [-0.1, -0.05) is 24.3 Å². The van der Waals surface area contributed by atoms with Crippen molar-refractivity contribution in [2.24, 2.45) is 0 Å². The number of anilines is 1. The predicted molar refractivity (Wildman–Crippen MR) is 106 cm³/mol. The van der Waals surface area contributed by atoms with E-state index < -0.39 is 0 Å². The number of nitrogens with one attached hydrogen (secondary N) is 1. The molecule has 4 rings (SSSR count). The van der Waals surface area contributed by atoms with E-state index in [1.807, 2.05) is 28.0 Å². The summed E-state index contributed by atoms with van der Waals surface area (Å²) in [5.74, 6) is -0.154. The van der Waals surface area contributed by atoms with Crippen molar-refractivity contribution in [1.82, 2.24) is 4.90 Å². The van der Waals surface area contributed by atoms with E-state index in [-0.39, 0.29) is 11.7 Å². The minimum absolute atomic E-state index is 0.0541. The van der Waals surface area contributed by atoms with E-state index in [9.17, 15) is 9.18 Å². The predicted octanol–water partition coefficient (Wildman–Crippen LogP) is 1.20. The first-order valence-electron chi connectivity index (χ1n) is 10.00. The maximum Gasteiger partial charge on any atom is 0.253 e. The summed E-state index contributed by atoms with van der Waals surface area (Å²) in [7, 11) is 0. The molecule has 0 spiro atoms. The zero-order valence-corrected chi connectivity index (χ0v) is 16.1. The molecular weight excluding hydrogens is 357 g/mol. The smallest absolute Gasteiger partial charge is 0.253 e. The molecule has 148 valence electrons. The lowest BCUT2D eigenvalue weighted by Gasteiger charge is -2.36. The number of halogens is 1. The van der Waals surface area contributed by atoms with Gasteiger partial charge in [0.05, 0.1) is 18.9 Å². The second-order valence-corrected chi connectivity index (χ2v) is 7.47. The second-order valence-electron chi connectivity index (χ2n) is 7.47. The molecule has 0 aromatic heterocycles. The van der Waals surface area contributed by atoms with Gasteiger partial charge in [0.2, 0.25) is 0 Å². The lowest BCUT2D eigenvalue weighted by atomic mass is 10.1. The Morgan fingerprint density at radius 2 is 1.64 bits per heavy atom. The van der Waals surface area contributed by atoms with E-state index in [1.54, 1.807) is 12.1 Å². The number of piperazine rings is 1. The van der Waals surface area contributed by atoms with Crippen LogP contribution in [0.15, 0.2) is 48.5 Å². The third kappa shape index (κ3) is 4.34. The van der Waals surface area contributed by atoms with Crippen molar-refractivity contribution in [3.05, 3.63) is 65.5 Å². The van der Waals surface area contributed by atoms with Crippen LogP contribution in [0.4, 0.5) is 10.1 Å². The molecular formula is C22H27FN3O2+. The molecule has 2 aliphatic heterocycles. The number of benzene rings is 2. The first-order chi connectivity index (χ1) is 13.7. The molecule has 1 N–H and O–H groups in total. The topological polar surface area (TPSA) is 37.2 Å². The fourth-order valence-corrected chi connectivity index (χ4v) is 3.93. The van der Waals surface area contributed by atoms with Crippen LogP contribution in [0.2, 0.25) is 0 Å². The number of quaternary nitrogens is 1. The summed E-state index contributed by atoms with van der Waals surface area (Å²) in [6, 6.07) is 14.8. The van der Waals surface area contributed by atoms with E-state index in [0.29, 0.717) is 31.9 Å². The van der Waals surface area contributed by atoms with E-state index >= 15 is 0 Å². The molecule has 2 fully saturated rings. The molecule has 2 aromatic carbocycles. The van der Waals surface area contributed by atoms with Crippen molar-refractivity contribution in [3.8, 4) is 0 Å². The Balaban J connectivity index is 1.33. The highest BCUT2D eigenvalue weighted by Crippen LogP contribution is 2.20. The summed E-state index contributed by atoms with van der Waals surface area (Å²) >= 11 is 0. The molecule has 2 aliphatic rings. The van der Waals surface area contributed by atoms with Crippen molar-refractivity contribution >= 4 is 11.6 Å². The highest BCUT2D eigenvalue weighted by atomic mass is 19.1. The van der Waals surface area contributed by atoms with Crippen LogP contribution >= 0.6 is 0 Å². The van der Waals surface area contributed by atoms with Gasteiger partial charge >= 0.3 is 0 Å². The lowest BCUT2D eigenvalue weighted by Crippen LogP contribution is -3.12. The van der Waals surface area contributed by atoms with Gasteiger partial charge in [-0.3, -0.25) is 4.79 Å². The van der Waals surface area contributed by atoms with Gasteiger partial charge in [-0.05, 0) is 24.3 Å². The SMILES string of the molecule is O=C(c1ccc(C[NH+]2CCOCC2)cc1)N1CCN(c2ccccc2F)CC1. The molecule has 1 amide bonds. The molecule has 2 aromatic rings. The van der Waals surface area contributed by atoms with Crippen molar-refractivity contribution < 1.29 is 18.8 Å². The molecule has 0 atom stereocenters. The number of nitrogens with zero attached hydrogens (tertiary/aromatic N) is 2. The quantitative estimate of drug-likeness (QED) is 0.861. The van der Waals surface area contributed by atoms with Gasteiger partial charge in [-0.25, -0.2) is 4.39 Å². The van der Waals surface area contributed by atoms with Crippen LogP contribution in [0.1, 0.15) is 15.9 Å². The van der Waals surface area contributed by atoms with Crippen LogP contribution in [0.25, 0.3) is 0 Å². The fraction of sp³-hybridized carbons (Fsp3) is 0.409. The molecule has 6 heteroatoms. The Labute approximate surface area is 165 Å². The summed E-state index contributed by atoms with van der Waals surface area (Å²) in [6.07, 6.45) is 0. The molecule has 0 radical (unpaired) electrons. The molecule has 0 aliphatic carbocycles. The highest BCUT2D eigenvalue weighted by molar-refractivity contribution is 5.94. The maximum absolute atomic E-state index is 14.0. The number of carbonyl (C=O) groups is 1. The summed E-state index contributed by atoms with van der Waals surface area (Å²) in [5.41, 5.74) is 2.59. The van der Waals surface area contributed by atoms with Crippen LogP contribution < -0.4 is 9.80 Å². The van der Waals surface area contributed by atoms with E-state index in [1.165, 1.54) is 16.5 Å². The Morgan fingerprint density at radius 3 is 2.32 bits per heavy atom. The normalized spacial score (nSPS) is 18.3. The molecule has 0 saturated carbocycles. The number of ether oxygens (including phenoxy) is 1. The van der Waals surface area contributed by atoms with Crippen LogP contribution in [-0.2, 0) is 11.3 Å². The largest absolute Gasteiger partial charge is 0.370 e. The van der Waals surface area contributed by atoms with Gasteiger partial charge in [-0.2, -0.15) is 0 Å². The van der Waals surface area contributed by atoms with Crippen LogP contribution in [0, 0.1) is 5.82 Å². The zero-order valence-electron chi connectivity index (χ0n) is 16.1. The van der Waals surface area contributed by atoms with Crippen molar-refractivity contribution in [2.45, 2.75) is 6.54 Å². The molecule has 2 saturated heterocycles. The molecule has 0 unspecified atom stereocenters. The summed E-state index contributed by atoms with van der Waals surface area (Å²) in [6.45, 7) is 7.19. The average Bonchev–Trinajstić information content (AvgIpc) is 2.75. The van der Waals surface area contributed by atoms with Crippen molar-refractivity contribution in [3.63, 3.8) is 0 Å². The van der Waals surface area contributed by atoms with E-state index in [4.69, 9.17) is 4.74 Å². The first-order valence-corrected chi connectivity index (χ1v) is 10.00. The second kappa shape index (κ2) is 8.71. The van der Waals surface area contributed by atoms with Gasteiger partial charge in [0.25, 0.3) is 5.91 Å². The summed E-state index contributed by atoms with van der Waals surface area (Å²) in [5, 5.41) is 0. The summed E-state index contributed by atoms with van der Waals surface area (Å²) < 4.78 is 19.4. The van der Waals surface area contributed by atoms with Crippen LogP contribution in [0.5, 0.6) is 0 Å². The number of morpholine rings is 1. The average molecular weight is 384 g/mol. The number of para-hydroxylation sites is 1. The monoisotopic (exact) mass is 384 g/mol. The van der Waals surface area contributed by atoms with Crippen LogP contribution in [0.3, 0.4) is 0 Å². The van der Waals surface area contributed by atoms with Gasteiger partial charge in [0, 0.05) is 37.3 Å². The molecule has 0 bridgehead atoms. The maximum atomic E-state index is 14.0. The number of rotatable bonds is 4. The number of hydrogen-bond acceptors (Lipinski definition) is 3. The number of carbonyl (C=O) groups excluding carboxylic acids is 1. The zero-order chi connectivity index (χ0) is 19.3. The summed E-state index contributed by atoms with van der Waals surface area (Å²) in [4.78, 5) is 18.2. The minimum Gasteiger partial charge on any atom is -0.370 e. The Hall–Kier alpha value is -2.44. The highest BCUT2D eigenvalue weighted by Gasteiger charge is 2.23. The number of hydrogen-bond donors (Lipinski definition) is 1. The van der Waals surface area contributed by atoms with Gasteiger partial charge < -0.3 is 19.4 Å². The standard InChI is InChI=1S/C22H26FN3O2/c23-20-3-1-2-4-21(20)25-9-11-26(12-10-25)22(27)19-7-5-18(6-8-19)17-24-13-15-28-16-14-24/h1-8H,9-17H2/p+1. The van der Waals surface area contributed by atoms with Gasteiger partial charge in [0.1, 0.15) is 25.5 Å². The molecule has 28 heavy (non-hydrogen) atoms. The Morgan fingerprint density at radius 1 is 0.964 bits per heavy atom. The molecule has 2 heterocycles. The lowest BCUT2D eigenvalue weighted by molar-refractivity contribution is -0.921. The third-order valence-corrected chi connectivity index (χ3v) is 5.61.